The van der Waals surface area contributed by atoms with Crippen molar-refractivity contribution in [3.8, 4) is 0 Å². The number of nitrogens with zero attached hydrogens (tertiary/aromatic N) is 4. The van der Waals surface area contributed by atoms with Crippen LogP contribution in [0.15, 0.2) is 18.2 Å². The number of anilines is 1. The third-order valence-corrected chi connectivity index (χ3v) is 3.96. The number of rotatable bonds is 4. The van der Waals surface area contributed by atoms with Crippen LogP contribution in [0.1, 0.15) is 5.56 Å². The summed E-state index contributed by atoms with van der Waals surface area (Å²) < 4.78 is 0. The molecule has 8 heteroatoms. The Morgan fingerprint density at radius 1 is 1.30 bits per heavy atom. The summed E-state index contributed by atoms with van der Waals surface area (Å²) in [5.41, 5.74) is 1.51. The Labute approximate surface area is 135 Å². The highest BCUT2D eigenvalue weighted by atomic mass is 16.6. The average molecular weight is 321 g/mol. The van der Waals surface area contributed by atoms with E-state index >= 15 is 0 Å². The van der Waals surface area contributed by atoms with Gasteiger partial charge in [-0.2, -0.15) is 0 Å². The van der Waals surface area contributed by atoms with Gasteiger partial charge in [0.25, 0.3) is 5.69 Å². The number of nitro benzene ring substituents is 1. The summed E-state index contributed by atoms with van der Waals surface area (Å²) in [6.45, 7) is 3.53. The van der Waals surface area contributed by atoms with Crippen LogP contribution in [-0.4, -0.2) is 73.0 Å². The van der Waals surface area contributed by atoms with Crippen molar-refractivity contribution in [1.82, 2.24) is 14.7 Å². The summed E-state index contributed by atoms with van der Waals surface area (Å²) in [5, 5.41) is 13.9. The Morgan fingerprint density at radius 3 is 2.48 bits per heavy atom. The Kier molecular flexibility index (Phi) is 5.38. The number of carbonyl (C=O) groups is 1. The summed E-state index contributed by atoms with van der Waals surface area (Å²) >= 11 is 0. The Bertz CT molecular complexity index is 582. The fraction of sp³-hybridized carbons (Fsp3) is 0.533. The lowest BCUT2D eigenvalue weighted by molar-refractivity contribution is -0.384. The average Bonchev–Trinajstić information content (AvgIpc) is 2.54. The molecule has 1 saturated heterocycles. The standard InChI is InChI=1S/C15H23N5O3/c1-16-13-5-4-12(10-14(13)20(22)23)11-18-6-8-19(9-7-18)15(21)17(2)3/h4-5,10,16H,6-9,11H2,1-3H3. The summed E-state index contributed by atoms with van der Waals surface area (Å²) in [6, 6.07) is 5.28. The molecule has 0 bridgehead atoms. The molecule has 126 valence electrons. The van der Waals surface area contributed by atoms with Crippen LogP contribution in [0.25, 0.3) is 0 Å². The van der Waals surface area contributed by atoms with Crippen molar-refractivity contribution >= 4 is 17.4 Å². The second-order valence-electron chi connectivity index (χ2n) is 5.80. The molecule has 0 atom stereocenters. The molecule has 1 heterocycles. The summed E-state index contributed by atoms with van der Waals surface area (Å²) in [6.07, 6.45) is 0. The molecule has 23 heavy (non-hydrogen) atoms. The molecular formula is C15H23N5O3. The second kappa shape index (κ2) is 7.28. The monoisotopic (exact) mass is 321 g/mol. The van der Waals surface area contributed by atoms with Gasteiger partial charge in [0.05, 0.1) is 4.92 Å². The van der Waals surface area contributed by atoms with E-state index in [1.807, 2.05) is 11.0 Å². The lowest BCUT2D eigenvalue weighted by Gasteiger charge is -2.35. The van der Waals surface area contributed by atoms with Gasteiger partial charge < -0.3 is 15.1 Å². The largest absolute Gasteiger partial charge is 0.383 e. The van der Waals surface area contributed by atoms with Gasteiger partial charge in [0.2, 0.25) is 0 Å². The van der Waals surface area contributed by atoms with E-state index in [1.54, 1.807) is 38.2 Å². The second-order valence-corrected chi connectivity index (χ2v) is 5.80. The predicted octanol–water partition coefficient (Wildman–Crippen LogP) is 1.44. The van der Waals surface area contributed by atoms with E-state index < -0.39 is 0 Å². The van der Waals surface area contributed by atoms with Gasteiger partial charge in [-0.05, 0) is 11.6 Å². The summed E-state index contributed by atoms with van der Waals surface area (Å²) in [4.78, 5) is 28.2. The first-order valence-corrected chi connectivity index (χ1v) is 7.56. The quantitative estimate of drug-likeness (QED) is 0.670. The van der Waals surface area contributed by atoms with Crippen molar-refractivity contribution in [2.24, 2.45) is 0 Å². The van der Waals surface area contributed by atoms with Gasteiger partial charge in [-0.3, -0.25) is 15.0 Å². The zero-order valence-electron chi connectivity index (χ0n) is 13.8. The maximum atomic E-state index is 11.9. The van der Waals surface area contributed by atoms with Gasteiger partial charge in [0.1, 0.15) is 5.69 Å². The number of nitrogens with one attached hydrogen (secondary N) is 1. The minimum absolute atomic E-state index is 0.0265. The number of hydrogen-bond acceptors (Lipinski definition) is 5. The van der Waals surface area contributed by atoms with Crippen molar-refractivity contribution in [3.05, 3.63) is 33.9 Å². The molecule has 8 nitrogen and oxygen atoms in total. The minimum atomic E-state index is -0.372. The van der Waals surface area contributed by atoms with Gasteiger partial charge in [0.15, 0.2) is 0 Å². The van der Waals surface area contributed by atoms with Crippen molar-refractivity contribution in [2.45, 2.75) is 6.54 Å². The van der Waals surface area contributed by atoms with Gasteiger partial charge >= 0.3 is 6.03 Å². The highest BCUT2D eigenvalue weighted by Gasteiger charge is 2.22. The van der Waals surface area contributed by atoms with E-state index in [9.17, 15) is 14.9 Å². The van der Waals surface area contributed by atoms with Crippen molar-refractivity contribution < 1.29 is 9.72 Å². The molecule has 0 saturated carbocycles. The summed E-state index contributed by atoms with van der Waals surface area (Å²) in [7, 11) is 5.16. The first-order chi connectivity index (χ1) is 10.9. The van der Waals surface area contributed by atoms with Crippen molar-refractivity contribution in [1.29, 1.82) is 0 Å². The van der Waals surface area contributed by atoms with E-state index in [-0.39, 0.29) is 16.6 Å². The molecule has 0 unspecified atom stereocenters. The topological polar surface area (TPSA) is 82.0 Å². The van der Waals surface area contributed by atoms with Gasteiger partial charge in [-0.1, -0.05) is 6.07 Å². The van der Waals surface area contributed by atoms with Crippen LogP contribution >= 0.6 is 0 Å². The van der Waals surface area contributed by atoms with Crippen LogP contribution in [0.3, 0.4) is 0 Å². The molecule has 1 fully saturated rings. The lowest BCUT2D eigenvalue weighted by atomic mass is 10.1. The number of benzene rings is 1. The molecule has 0 radical (unpaired) electrons. The van der Waals surface area contributed by atoms with Crippen LogP contribution in [0.4, 0.5) is 16.2 Å². The molecule has 0 aromatic heterocycles. The third kappa shape index (κ3) is 4.10. The van der Waals surface area contributed by atoms with Crippen LogP contribution in [0, 0.1) is 10.1 Å². The Balaban J connectivity index is 1.98. The van der Waals surface area contributed by atoms with E-state index in [1.165, 1.54) is 0 Å². The molecule has 0 spiro atoms. The number of nitro groups is 1. The van der Waals surface area contributed by atoms with Crippen molar-refractivity contribution in [2.75, 3.05) is 52.6 Å². The van der Waals surface area contributed by atoms with Crippen LogP contribution < -0.4 is 5.32 Å². The molecule has 1 aliphatic rings. The molecule has 1 N–H and O–H groups in total. The molecule has 2 rings (SSSR count). The maximum Gasteiger partial charge on any atom is 0.319 e. The molecule has 2 amide bonds. The molecule has 1 aromatic rings. The minimum Gasteiger partial charge on any atom is -0.383 e. The van der Waals surface area contributed by atoms with Crippen LogP contribution in [0.2, 0.25) is 0 Å². The fourth-order valence-corrected chi connectivity index (χ4v) is 2.68. The number of carbonyl (C=O) groups excluding carboxylic acids is 1. The fourth-order valence-electron chi connectivity index (χ4n) is 2.68. The van der Waals surface area contributed by atoms with Gasteiger partial charge in [0, 0.05) is 59.9 Å². The highest BCUT2D eigenvalue weighted by molar-refractivity contribution is 5.73. The van der Waals surface area contributed by atoms with Gasteiger partial charge in [-0.25, -0.2) is 4.79 Å². The molecule has 0 aliphatic carbocycles. The first-order valence-electron chi connectivity index (χ1n) is 7.56. The zero-order chi connectivity index (χ0) is 17.0. The smallest absolute Gasteiger partial charge is 0.319 e. The lowest BCUT2D eigenvalue weighted by Crippen LogP contribution is -2.51. The van der Waals surface area contributed by atoms with Gasteiger partial charge in [-0.15, -0.1) is 0 Å². The maximum absolute atomic E-state index is 11.9. The highest BCUT2D eigenvalue weighted by Crippen LogP contribution is 2.25. The van der Waals surface area contributed by atoms with E-state index in [0.29, 0.717) is 25.3 Å². The zero-order valence-corrected chi connectivity index (χ0v) is 13.8. The van der Waals surface area contributed by atoms with Crippen molar-refractivity contribution in [3.63, 3.8) is 0 Å². The number of hydrogen-bond donors (Lipinski definition) is 1. The molecule has 1 aliphatic heterocycles. The Hall–Kier alpha value is -2.35. The number of urea groups is 1. The number of amides is 2. The SMILES string of the molecule is CNc1ccc(CN2CCN(C(=O)N(C)C)CC2)cc1[N+](=O)[O-]. The van der Waals surface area contributed by atoms with E-state index in [0.717, 1.165) is 18.7 Å². The van der Waals surface area contributed by atoms with Crippen LogP contribution in [-0.2, 0) is 6.54 Å². The summed E-state index contributed by atoms with van der Waals surface area (Å²) in [5.74, 6) is 0. The normalized spacial score (nSPS) is 15.3. The van der Waals surface area contributed by atoms with E-state index in [2.05, 4.69) is 10.2 Å². The molecular weight excluding hydrogens is 298 g/mol. The first kappa shape index (κ1) is 17.0. The van der Waals surface area contributed by atoms with E-state index in [4.69, 9.17) is 0 Å². The number of piperazine rings is 1. The molecule has 1 aromatic carbocycles. The Morgan fingerprint density at radius 2 is 1.96 bits per heavy atom. The predicted molar refractivity (Wildman–Crippen MR) is 88.6 cm³/mol. The van der Waals surface area contributed by atoms with Crippen LogP contribution in [0.5, 0.6) is 0 Å². The third-order valence-electron chi connectivity index (χ3n) is 3.96.